The molecule has 0 spiro atoms. The van der Waals surface area contributed by atoms with E-state index in [-0.39, 0.29) is 0 Å². The second-order valence-electron chi connectivity index (χ2n) is 4.72. The normalized spacial score (nSPS) is 14.3. The first-order valence-electron chi connectivity index (χ1n) is 6.18. The lowest BCUT2D eigenvalue weighted by Crippen LogP contribution is -2.15. The molecule has 0 radical (unpaired) electrons. The van der Waals surface area contributed by atoms with E-state index in [2.05, 4.69) is 10.2 Å². The largest absolute Gasteiger partial charge is 0.165 e. The van der Waals surface area contributed by atoms with E-state index in [0.29, 0.717) is 27.2 Å². The van der Waals surface area contributed by atoms with Gasteiger partial charge in [0, 0.05) is 11.4 Å². The summed E-state index contributed by atoms with van der Waals surface area (Å²) in [6, 6.07) is 12.9. The van der Waals surface area contributed by atoms with Crippen molar-refractivity contribution >= 4 is 52.1 Å². The van der Waals surface area contributed by atoms with Crippen molar-refractivity contribution in [2.24, 2.45) is 10.2 Å². The van der Waals surface area contributed by atoms with Gasteiger partial charge in [-0.3, -0.25) is 0 Å². The maximum absolute atomic E-state index is 6.38. The molecule has 0 fully saturated rings. The number of nitrogens with zero attached hydrogens (tertiary/aromatic N) is 2. The Labute approximate surface area is 143 Å². The van der Waals surface area contributed by atoms with E-state index in [9.17, 15) is 0 Å². The van der Waals surface area contributed by atoms with Crippen molar-refractivity contribution in [1.29, 1.82) is 0 Å². The van der Waals surface area contributed by atoms with Crippen molar-refractivity contribution in [3.05, 3.63) is 63.1 Å². The van der Waals surface area contributed by atoms with Crippen LogP contribution in [-0.2, 0) is 6.42 Å². The molecule has 110 valence electrons. The van der Waals surface area contributed by atoms with Crippen LogP contribution in [0.5, 0.6) is 0 Å². The summed E-state index contributed by atoms with van der Waals surface area (Å²) in [4.78, 5) is -0.881. The predicted octanol–water partition coefficient (Wildman–Crippen LogP) is 6.93. The van der Waals surface area contributed by atoms with Crippen LogP contribution in [0.1, 0.15) is 12.5 Å². The Morgan fingerprint density at radius 1 is 1.00 bits per heavy atom. The molecule has 0 aromatic heterocycles. The van der Waals surface area contributed by atoms with Gasteiger partial charge in [0.25, 0.3) is 0 Å². The molecule has 6 heteroatoms. The molecule has 21 heavy (non-hydrogen) atoms. The van der Waals surface area contributed by atoms with Crippen LogP contribution in [0.25, 0.3) is 0 Å². The molecular weight excluding hydrogens is 350 g/mol. The van der Waals surface area contributed by atoms with E-state index in [0.717, 1.165) is 5.56 Å². The lowest BCUT2D eigenvalue weighted by Gasteiger charge is -2.15. The number of benzene rings is 2. The fourth-order valence-electron chi connectivity index (χ4n) is 1.79. The van der Waals surface area contributed by atoms with Gasteiger partial charge in [-0.25, -0.2) is 0 Å². The molecule has 0 saturated heterocycles. The molecule has 2 aromatic rings. The molecule has 1 unspecified atom stereocenters. The highest BCUT2D eigenvalue weighted by Gasteiger charge is 2.21. The fourth-order valence-corrected chi connectivity index (χ4v) is 2.87. The van der Waals surface area contributed by atoms with Gasteiger partial charge >= 0.3 is 0 Å². The van der Waals surface area contributed by atoms with Crippen LogP contribution in [0.3, 0.4) is 0 Å². The first-order valence-corrected chi connectivity index (χ1v) is 7.69. The molecular formula is C15H12Cl4N2. The summed E-state index contributed by atoms with van der Waals surface area (Å²) in [5.41, 5.74) is 1.44. The third-order valence-electron chi connectivity index (χ3n) is 2.71. The van der Waals surface area contributed by atoms with E-state index in [1.54, 1.807) is 19.1 Å². The topological polar surface area (TPSA) is 24.7 Å². The van der Waals surface area contributed by atoms with Crippen LogP contribution in [-0.4, -0.2) is 5.00 Å². The molecule has 1 atom stereocenters. The average Bonchev–Trinajstić information content (AvgIpc) is 2.37. The second-order valence-corrected chi connectivity index (χ2v) is 6.79. The summed E-state index contributed by atoms with van der Waals surface area (Å²) in [5.74, 6) is 0. The summed E-state index contributed by atoms with van der Waals surface area (Å²) in [6.45, 7) is 1.78. The molecule has 0 bridgehead atoms. The third-order valence-corrected chi connectivity index (χ3v) is 3.71. The highest BCUT2D eigenvalue weighted by Crippen LogP contribution is 2.37. The highest BCUT2D eigenvalue weighted by molar-refractivity contribution is 6.41. The minimum absolute atomic E-state index is 0.337. The standard InChI is InChI=1S/C15H12Cl4N2/c1-15(19,9-10-5-3-2-4-6-10)21-20-14-12(17)7-11(16)8-13(14)18/h2-8H,9H2,1H3. The zero-order chi connectivity index (χ0) is 15.5. The molecule has 0 aliphatic rings. The van der Waals surface area contributed by atoms with Gasteiger partial charge in [0.2, 0.25) is 0 Å². The first-order chi connectivity index (χ1) is 9.87. The molecule has 0 aliphatic heterocycles. The van der Waals surface area contributed by atoms with E-state index >= 15 is 0 Å². The zero-order valence-corrected chi connectivity index (χ0v) is 14.2. The minimum atomic E-state index is -0.881. The van der Waals surface area contributed by atoms with E-state index in [1.807, 2.05) is 30.3 Å². The Morgan fingerprint density at radius 2 is 1.57 bits per heavy atom. The van der Waals surface area contributed by atoms with Crippen LogP contribution < -0.4 is 0 Å². The molecule has 0 amide bonds. The van der Waals surface area contributed by atoms with Crippen molar-refractivity contribution in [2.45, 2.75) is 18.3 Å². The van der Waals surface area contributed by atoms with Crippen LogP contribution in [0.4, 0.5) is 5.69 Å². The average molecular weight is 362 g/mol. The van der Waals surface area contributed by atoms with E-state index in [4.69, 9.17) is 46.4 Å². The van der Waals surface area contributed by atoms with E-state index < -0.39 is 5.00 Å². The third kappa shape index (κ3) is 4.86. The van der Waals surface area contributed by atoms with E-state index in [1.165, 1.54) is 0 Å². The van der Waals surface area contributed by atoms with Crippen LogP contribution in [0, 0.1) is 0 Å². The summed E-state index contributed by atoms with van der Waals surface area (Å²) >= 11 is 24.4. The van der Waals surface area contributed by atoms with Gasteiger partial charge in [0.05, 0.1) is 10.0 Å². The number of alkyl halides is 1. The van der Waals surface area contributed by atoms with Gasteiger partial charge < -0.3 is 0 Å². The van der Waals surface area contributed by atoms with Crippen molar-refractivity contribution in [3.8, 4) is 0 Å². The summed E-state index contributed by atoms with van der Waals surface area (Å²) < 4.78 is 0. The Hall–Kier alpha value is -0.800. The quantitative estimate of drug-likeness (QED) is 0.320. The Kier molecular flexibility index (Phi) is 5.50. The van der Waals surface area contributed by atoms with Gasteiger partial charge in [-0.1, -0.05) is 76.7 Å². The zero-order valence-electron chi connectivity index (χ0n) is 11.2. The summed E-state index contributed by atoms with van der Waals surface area (Å²) in [6.07, 6.45) is 0.543. The van der Waals surface area contributed by atoms with Gasteiger partial charge in [0.15, 0.2) is 5.00 Å². The molecule has 0 heterocycles. The van der Waals surface area contributed by atoms with Crippen LogP contribution >= 0.6 is 46.4 Å². The Morgan fingerprint density at radius 3 is 2.14 bits per heavy atom. The molecule has 0 aliphatic carbocycles. The van der Waals surface area contributed by atoms with Gasteiger partial charge in [0.1, 0.15) is 5.69 Å². The molecule has 0 saturated carbocycles. The lowest BCUT2D eigenvalue weighted by atomic mass is 10.1. The SMILES string of the molecule is CC(Cl)(Cc1ccccc1)N=Nc1c(Cl)cc(Cl)cc1Cl. The number of azo groups is 1. The second kappa shape index (κ2) is 6.97. The van der Waals surface area contributed by atoms with Crippen LogP contribution in [0.15, 0.2) is 52.7 Å². The maximum Gasteiger partial charge on any atom is 0.156 e. The lowest BCUT2D eigenvalue weighted by molar-refractivity contribution is 0.626. The minimum Gasteiger partial charge on any atom is -0.165 e. The highest BCUT2D eigenvalue weighted by atomic mass is 35.5. The number of hydrogen-bond acceptors (Lipinski definition) is 2. The fraction of sp³-hybridized carbons (Fsp3) is 0.200. The smallest absolute Gasteiger partial charge is 0.156 e. The van der Waals surface area contributed by atoms with Gasteiger partial charge in [-0.2, -0.15) is 10.2 Å². The Bertz CT molecular complexity index is 631. The van der Waals surface area contributed by atoms with Crippen molar-refractivity contribution in [3.63, 3.8) is 0 Å². The van der Waals surface area contributed by atoms with Crippen molar-refractivity contribution < 1.29 is 0 Å². The maximum atomic E-state index is 6.38. The Balaban J connectivity index is 2.20. The number of halogens is 4. The molecule has 2 nitrogen and oxygen atoms in total. The molecule has 2 aromatic carbocycles. The molecule has 0 N–H and O–H groups in total. The van der Waals surface area contributed by atoms with Crippen molar-refractivity contribution in [2.75, 3.05) is 0 Å². The van der Waals surface area contributed by atoms with Crippen molar-refractivity contribution in [1.82, 2.24) is 0 Å². The number of rotatable bonds is 4. The van der Waals surface area contributed by atoms with Gasteiger partial charge in [-0.05, 0) is 24.6 Å². The van der Waals surface area contributed by atoms with Crippen LogP contribution in [0.2, 0.25) is 15.1 Å². The summed E-state index contributed by atoms with van der Waals surface area (Å²) in [5, 5.41) is 9.36. The summed E-state index contributed by atoms with van der Waals surface area (Å²) in [7, 11) is 0. The van der Waals surface area contributed by atoms with Gasteiger partial charge in [-0.15, -0.1) is 0 Å². The monoisotopic (exact) mass is 360 g/mol. The number of hydrogen-bond donors (Lipinski definition) is 0. The predicted molar refractivity (Wildman–Crippen MR) is 90.4 cm³/mol. The first kappa shape index (κ1) is 16.6. The molecule has 2 rings (SSSR count).